The van der Waals surface area contributed by atoms with Gasteiger partial charge in [0.15, 0.2) is 0 Å². The molecule has 0 fully saturated rings. The van der Waals surface area contributed by atoms with Crippen molar-refractivity contribution in [2.24, 2.45) is 0 Å². The molecule has 0 N–H and O–H groups in total. The second-order valence-electron chi connectivity index (χ2n) is 6.19. The van der Waals surface area contributed by atoms with Gasteiger partial charge in [-0.25, -0.2) is 0 Å². The quantitative estimate of drug-likeness (QED) is 0.563. The van der Waals surface area contributed by atoms with Crippen LogP contribution in [0.25, 0.3) is 0 Å². The van der Waals surface area contributed by atoms with Gasteiger partial charge in [-0.2, -0.15) is 0 Å². The minimum Gasteiger partial charge on any atom is -0.427 e. The van der Waals surface area contributed by atoms with Crippen LogP contribution in [0.5, 0.6) is 5.75 Å². The third kappa shape index (κ3) is 4.33. The summed E-state index contributed by atoms with van der Waals surface area (Å²) in [5, 5.41) is 0. The number of hydrogen-bond donors (Lipinski definition) is 0. The number of ether oxygens (including phenoxy) is 1. The van der Waals surface area contributed by atoms with E-state index in [1.54, 1.807) is 0 Å². The molecule has 1 unspecified atom stereocenters. The van der Waals surface area contributed by atoms with Gasteiger partial charge >= 0.3 is 5.97 Å². The first-order valence-corrected chi connectivity index (χ1v) is 8.74. The van der Waals surface area contributed by atoms with Gasteiger partial charge in [0.2, 0.25) is 0 Å². The smallest absolute Gasteiger partial charge is 0.310 e. The fourth-order valence-electron chi connectivity index (χ4n) is 3.34. The van der Waals surface area contributed by atoms with Crippen LogP contribution in [0.15, 0.2) is 18.2 Å². The second kappa shape index (κ2) is 8.33. The Morgan fingerprint density at radius 3 is 2.55 bits per heavy atom. The molecule has 1 atom stereocenters. The van der Waals surface area contributed by atoms with Gasteiger partial charge in [-0.05, 0) is 68.5 Å². The molecule has 2 rings (SSSR count). The zero-order chi connectivity index (χ0) is 15.9. The van der Waals surface area contributed by atoms with Crippen molar-refractivity contribution < 1.29 is 9.53 Å². The van der Waals surface area contributed by atoms with E-state index in [2.05, 4.69) is 30.9 Å². The van der Waals surface area contributed by atoms with E-state index in [4.69, 9.17) is 4.74 Å². The lowest BCUT2D eigenvalue weighted by Crippen LogP contribution is -2.40. The maximum absolute atomic E-state index is 11.4. The summed E-state index contributed by atoms with van der Waals surface area (Å²) < 4.78 is 5.33. The number of aryl methyl sites for hydroxylation is 1. The number of carbonyl (C=O) groups excluding carboxylic acids is 1. The van der Waals surface area contributed by atoms with Crippen LogP contribution in [0.4, 0.5) is 0 Å². The van der Waals surface area contributed by atoms with Crippen LogP contribution in [-0.2, 0) is 17.6 Å². The lowest BCUT2D eigenvalue weighted by atomic mass is 9.87. The first-order valence-electron chi connectivity index (χ1n) is 8.74. The third-order valence-electron chi connectivity index (χ3n) is 4.44. The standard InChI is InChI=1S/C19H29NO2/c1-4-11-20(12-5-2)17-9-7-16-14-18(22-19(21)6-3)10-8-15(16)13-17/h8,10,14,17H,4-7,9,11-13H2,1-3H3. The van der Waals surface area contributed by atoms with E-state index in [0.717, 1.165) is 12.8 Å². The fraction of sp³-hybridized carbons (Fsp3) is 0.632. The molecular formula is C19H29NO2. The monoisotopic (exact) mass is 303 g/mol. The molecule has 0 heterocycles. The van der Waals surface area contributed by atoms with Crippen LogP contribution in [0.3, 0.4) is 0 Å². The maximum atomic E-state index is 11.4. The summed E-state index contributed by atoms with van der Waals surface area (Å²) in [6, 6.07) is 6.81. The van der Waals surface area contributed by atoms with Gasteiger partial charge in [0.1, 0.15) is 5.75 Å². The number of nitrogens with zero attached hydrogens (tertiary/aromatic N) is 1. The van der Waals surface area contributed by atoms with Crippen LogP contribution in [-0.4, -0.2) is 30.0 Å². The highest BCUT2D eigenvalue weighted by molar-refractivity contribution is 5.72. The van der Waals surface area contributed by atoms with E-state index >= 15 is 0 Å². The van der Waals surface area contributed by atoms with Crippen LogP contribution in [0, 0.1) is 0 Å². The molecule has 0 aliphatic heterocycles. The average Bonchev–Trinajstić information content (AvgIpc) is 2.54. The highest BCUT2D eigenvalue weighted by atomic mass is 16.5. The van der Waals surface area contributed by atoms with E-state index < -0.39 is 0 Å². The highest BCUT2D eigenvalue weighted by Gasteiger charge is 2.23. The minimum absolute atomic E-state index is 0.161. The third-order valence-corrected chi connectivity index (χ3v) is 4.44. The molecule has 0 aromatic heterocycles. The molecule has 0 amide bonds. The van der Waals surface area contributed by atoms with Crippen molar-refractivity contribution in [3.63, 3.8) is 0 Å². The number of fused-ring (bicyclic) bond motifs is 1. The van der Waals surface area contributed by atoms with E-state index in [-0.39, 0.29) is 5.97 Å². The van der Waals surface area contributed by atoms with Crippen molar-refractivity contribution in [2.75, 3.05) is 13.1 Å². The van der Waals surface area contributed by atoms with Crippen molar-refractivity contribution >= 4 is 5.97 Å². The molecule has 0 saturated carbocycles. The molecule has 0 spiro atoms. The van der Waals surface area contributed by atoms with Gasteiger partial charge < -0.3 is 9.64 Å². The Morgan fingerprint density at radius 2 is 1.91 bits per heavy atom. The molecule has 1 aliphatic carbocycles. The fourth-order valence-corrected chi connectivity index (χ4v) is 3.34. The van der Waals surface area contributed by atoms with Crippen molar-refractivity contribution in [1.82, 2.24) is 4.90 Å². The highest BCUT2D eigenvalue weighted by Crippen LogP contribution is 2.28. The van der Waals surface area contributed by atoms with E-state index in [1.807, 2.05) is 13.0 Å². The van der Waals surface area contributed by atoms with Gasteiger partial charge in [0.05, 0.1) is 0 Å². The molecular weight excluding hydrogens is 274 g/mol. The predicted octanol–water partition coefficient (Wildman–Crippen LogP) is 3.98. The van der Waals surface area contributed by atoms with Crippen molar-refractivity contribution in [3.8, 4) is 5.75 Å². The lowest BCUT2D eigenvalue weighted by Gasteiger charge is -2.35. The van der Waals surface area contributed by atoms with Crippen LogP contribution in [0.1, 0.15) is 57.6 Å². The molecule has 122 valence electrons. The van der Waals surface area contributed by atoms with Gasteiger partial charge in [0, 0.05) is 12.5 Å². The Bertz CT molecular complexity index is 492. The first-order chi connectivity index (χ1) is 10.7. The molecule has 1 aromatic rings. The summed E-state index contributed by atoms with van der Waals surface area (Å²) in [6.07, 6.45) is 6.27. The Morgan fingerprint density at radius 1 is 1.18 bits per heavy atom. The van der Waals surface area contributed by atoms with Crippen molar-refractivity contribution in [2.45, 2.75) is 65.3 Å². The number of esters is 1. The number of benzene rings is 1. The minimum atomic E-state index is -0.161. The summed E-state index contributed by atoms with van der Waals surface area (Å²) in [4.78, 5) is 14.1. The van der Waals surface area contributed by atoms with E-state index in [9.17, 15) is 4.79 Å². The first kappa shape index (κ1) is 17.0. The van der Waals surface area contributed by atoms with Gasteiger partial charge in [0.25, 0.3) is 0 Å². The van der Waals surface area contributed by atoms with Crippen LogP contribution < -0.4 is 4.74 Å². The van der Waals surface area contributed by atoms with Crippen molar-refractivity contribution in [3.05, 3.63) is 29.3 Å². The Kier molecular flexibility index (Phi) is 6.44. The molecule has 22 heavy (non-hydrogen) atoms. The summed E-state index contributed by atoms with van der Waals surface area (Å²) in [5.41, 5.74) is 2.77. The van der Waals surface area contributed by atoms with Gasteiger partial charge in [-0.1, -0.05) is 26.8 Å². The zero-order valence-electron chi connectivity index (χ0n) is 14.2. The normalized spacial score (nSPS) is 17.4. The van der Waals surface area contributed by atoms with E-state index in [0.29, 0.717) is 18.2 Å². The topological polar surface area (TPSA) is 29.5 Å². The second-order valence-corrected chi connectivity index (χ2v) is 6.19. The SMILES string of the molecule is CCCN(CCC)C1CCc2cc(OC(=O)CC)ccc2C1. The van der Waals surface area contributed by atoms with Gasteiger partial charge in [-0.15, -0.1) is 0 Å². The molecule has 1 aromatic carbocycles. The molecule has 0 bridgehead atoms. The number of carbonyl (C=O) groups is 1. The predicted molar refractivity (Wildman–Crippen MR) is 90.3 cm³/mol. The van der Waals surface area contributed by atoms with Crippen LogP contribution >= 0.6 is 0 Å². The lowest BCUT2D eigenvalue weighted by molar-refractivity contribution is -0.134. The van der Waals surface area contributed by atoms with Crippen molar-refractivity contribution in [1.29, 1.82) is 0 Å². The van der Waals surface area contributed by atoms with E-state index in [1.165, 1.54) is 43.5 Å². The summed E-state index contributed by atoms with van der Waals surface area (Å²) in [7, 11) is 0. The number of rotatable bonds is 7. The average molecular weight is 303 g/mol. The molecule has 0 saturated heterocycles. The Balaban J connectivity index is 2.06. The van der Waals surface area contributed by atoms with Gasteiger partial charge in [-0.3, -0.25) is 4.79 Å². The summed E-state index contributed by atoms with van der Waals surface area (Å²) >= 11 is 0. The summed E-state index contributed by atoms with van der Waals surface area (Å²) in [5.74, 6) is 0.536. The largest absolute Gasteiger partial charge is 0.427 e. The Hall–Kier alpha value is -1.35. The molecule has 3 heteroatoms. The maximum Gasteiger partial charge on any atom is 0.310 e. The molecule has 0 radical (unpaired) electrons. The van der Waals surface area contributed by atoms with Crippen LogP contribution in [0.2, 0.25) is 0 Å². The zero-order valence-corrected chi connectivity index (χ0v) is 14.2. The number of hydrogen-bond acceptors (Lipinski definition) is 3. The Labute approximate surface area is 134 Å². The molecule has 3 nitrogen and oxygen atoms in total. The summed E-state index contributed by atoms with van der Waals surface area (Å²) in [6.45, 7) is 8.73. The molecule has 1 aliphatic rings.